The Morgan fingerprint density at radius 2 is 2.04 bits per heavy atom. The van der Waals surface area contributed by atoms with Gasteiger partial charge in [0.15, 0.2) is 0 Å². The van der Waals surface area contributed by atoms with Gasteiger partial charge in [-0.2, -0.15) is 0 Å². The Labute approximate surface area is 147 Å². The molecule has 0 fully saturated rings. The lowest BCUT2D eigenvalue weighted by Gasteiger charge is -2.36. The molecule has 1 unspecified atom stereocenters. The summed E-state index contributed by atoms with van der Waals surface area (Å²) in [5, 5.41) is 14.9. The van der Waals surface area contributed by atoms with E-state index in [0.717, 1.165) is 24.0 Å². The molecule has 0 bridgehead atoms. The molecule has 5 heteroatoms. The molecule has 2 atom stereocenters. The van der Waals surface area contributed by atoms with Gasteiger partial charge in [0.2, 0.25) is 0 Å². The number of pyridine rings is 1. The first-order valence-electron chi connectivity index (χ1n) is 8.40. The second-order valence-electron chi connectivity index (χ2n) is 6.21. The fraction of sp³-hybridized carbons (Fsp3) is 0.250. The molecule has 0 amide bonds. The van der Waals surface area contributed by atoms with Crippen LogP contribution in [0, 0.1) is 10.1 Å². The molecule has 1 heterocycles. The Hall–Kier alpha value is -2.79. The average molecular weight is 335 g/mol. The zero-order valence-corrected chi connectivity index (χ0v) is 14.1. The van der Waals surface area contributed by atoms with E-state index in [-0.39, 0.29) is 22.2 Å². The van der Waals surface area contributed by atoms with Crippen LogP contribution in [0.2, 0.25) is 0 Å². The first kappa shape index (κ1) is 17.0. The van der Waals surface area contributed by atoms with E-state index in [9.17, 15) is 10.1 Å². The highest BCUT2D eigenvalue weighted by Gasteiger charge is 2.29. The molecule has 1 aliphatic carbocycles. The molecule has 0 saturated carbocycles. The smallest absolute Gasteiger partial charge is 0.269 e. The first-order valence-corrected chi connectivity index (χ1v) is 8.40. The van der Waals surface area contributed by atoms with Gasteiger partial charge in [0.25, 0.3) is 5.69 Å². The highest BCUT2D eigenvalue weighted by molar-refractivity contribution is 5.40. The van der Waals surface area contributed by atoms with Crippen molar-refractivity contribution in [2.75, 3.05) is 0 Å². The normalized spacial score (nSPS) is 20.4. The number of nitro benzene ring substituents is 1. The Morgan fingerprint density at radius 1 is 1.24 bits per heavy atom. The maximum absolute atomic E-state index is 11.2. The number of nitrogens with zero attached hydrogens (tertiary/aromatic N) is 2. The number of non-ortho nitro benzene ring substituents is 1. The molecule has 1 aromatic heterocycles. The van der Waals surface area contributed by atoms with E-state index >= 15 is 0 Å². The molecule has 128 valence electrons. The summed E-state index contributed by atoms with van der Waals surface area (Å²) < 4.78 is 0. The molecule has 1 aromatic carbocycles. The van der Waals surface area contributed by atoms with Crippen LogP contribution in [0.25, 0.3) is 0 Å². The SMILES string of the molecule is CC[C@@]1(NC(c2ccncc2)c2cccc([N+](=O)[O-])c2)C=CC=CC1. The summed E-state index contributed by atoms with van der Waals surface area (Å²) in [5.41, 5.74) is 1.83. The Morgan fingerprint density at radius 3 is 2.68 bits per heavy atom. The highest BCUT2D eigenvalue weighted by atomic mass is 16.6. The van der Waals surface area contributed by atoms with Gasteiger partial charge >= 0.3 is 0 Å². The Kier molecular flexibility index (Phi) is 5.05. The number of hydrogen-bond acceptors (Lipinski definition) is 4. The van der Waals surface area contributed by atoms with Gasteiger partial charge in [-0.15, -0.1) is 0 Å². The third-order valence-corrected chi connectivity index (χ3v) is 4.66. The van der Waals surface area contributed by atoms with Crippen molar-refractivity contribution in [2.24, 2.45) is 0 Å². The Bertz CT molecular complexity index is 802. The molecule has 1 N–H and O–H groups in total. The summed E-state index contributed by atoms with van der Waals surface area (Å²) in [7, 11) is 0. The zero-order chi connectivity index (χ0) is 17.7. The van der Waals surface area contributed by atoms with Gasteiger partial charge < -0.3 is 0 Å². The van der Waals surface area contributed by atoms with E-state index in [1.54, 1.807) is 24.5 Å². The van der Waals surface area contributed by atoms with Gasteiger partial charge in [0.1, 0.15) is 0 Å². The number of aromatic nitrogens is 1. The summed E-state index contributed by atoms with van der Waals surface area (Å²) in [6.45, 7) is 2.15. The third kappa shape index (κ3) is 3.83. The van der Waals surface area contributed by atoms with Crippen LogP contribution >= 0.6 is 0 Å². The number of nitrogens with one attached hydrogen (secondary N) is 1. The topological polar surface area (TPSA) is 68.1 Å². The average Bonchev–Trinajstić information content (AvgIpc) is 2.67. The largest absolute Gasteiger partial charge is 0.297 e. The van der Waals surface area contributed by atoms with Crippen molar-refractivity contribution in [2.45, 2.75) is 31.3 Å². The molecule has 5 nitrogen and oxygen atoms in total. The van der Waals surface area contributed by atoms with Crippen molar-refractivity contribution < 1.29 is 4.92 Å². The van der Waals surface area contributed by atoms with Crippen molar-refractivity contribution >= 4 is 5.69 Å². The highest BCUT2D eigenvalue weighted by Crippen LogP contribution is 2.31. The number of benzene rings is 1. The second-order valence-corrected chi connectivity index (χ2v) is 6.21. The number of rotatable bonds is 6. The molecular formula is C20H21N3O2. The molecule has 0 saturated heterocycles. The molecule has 2 aromatic rings. The van der Waals surface area contributed by atoms with Gasteiger partial charge in [-0.1, -0.05) is 43.4 Å². The quantitative estimate of drug-likeness (QED) is 0.630. The predicted octanol–water partition coefficient (Wildman–Crippen LogP) is 4.33. The number of allylic oxidation sites excluding steroid dienone is 2. The van der Waals surface area contributed by atoms with E-state index in [2.05, 4.69) is 35.5 Å². The summed E-state index contributed by atoms with van der Waals surface area (Å²) in [6, 6.07) is 10.6. The molecule has 3 rings (SSSR count). The van der Waals surface area contributed by atoms with Crippen LogP contribution in [0.5, 0.6) is 0 Å². The maximum Gasteiger partial charge on any atom is 0.269 e. The summed E-state index contributed by atoms with van der Waals surface area (Å²) in [5.74, 6) is 0. The lowest BCUT2D eigenvalue weighted by Crippen LogP contribution is -2.45. The van der Waals surface area contributed by atoms with Crippen molar-refractivity contribution in [1.29, 1.82) is 0 Å². The van der Waals surface area contributed by atoms with Crippen molar-refractivity contribution in [3.63, 3.8) is 0 Å². The van der Waals surface area contributed by atoms with Crippen LogP contribution in [0.3, 0.4) is 0 Å². The van der Waals surface area contributed by atoms with Crippen molar-refractivity contribution in [3.05, 3.63) is 94.3 Å². The van der Waals surface area contributed by atoms with Crippen LogP contribution in [-0.2, 0) is 0 Å². The van der Waals surface area contributed by atoms with E-state index in [1.807, 2.05) is 24.3 Å². The Balaban J connectivity index is 2.02. The molecule has 1 aliphatic rings. The minimum Gasteiger partial charge on any atom is -0.297 e. The van der Waals surface area contributed by atoms with Crippen LogP contribution < -0.4 is 5.32 Å². The zero-order valence-electron chi connectivity index (χ0n) is 14.1. The van der Waals surface area contributed by atoms with E-state index < -0.39 is 0 Å². The fourth-order valence-electron chi connectivity index (χ4n) is 3.16. The van der Waals surface area contributed by atoms with Gasteiger partial charge in [0, 0.05) is 30.1 Å². The molecule has 0 aliphatic heterocycles. The fourth-order valence-corrected chi connectivity index (χ4v) is 3.16. The van der Waals surface area contributed by atoms with E-state index in [0.29, 0.717) is 0 Å². The second kappa shape index (κ2) is 7.40. The van der Waals surface area contributed by atoms with Gasteiger partial charge in [-0.3, -0.25) is 20.4 Å². The third-order valence-electron chi connectivity index (χ3n) is 4.66. The monoisotopic (exact) mass is 335 g/mol. The minimum absolute atomic E-state index is 0.1000. The van der Waals surface area contributed by atoms with Crippen molar-refractivity contribution in [1.82, 2.24) is 10.3 Å². The first-order chi connectivity index (χ1) is 12.1. The summed E-state index contributed by atoms with van der Waals surface area (Å²) in [4.78, 5) is 14.9. The number of nitro groups is 1. The van der Waals surface area contributed by atoms with E-state index in [1.165, 1.54) is 6.07 Å². The van der Waals surface area contributed by atoms with Crippen LogP contribution in [0.15, 0.2) is 73.1 Å². The van der Waals surface area contributed by atoms with E-state index in [4.69, 9.17) is 0 Å². The number of hydrogen-bond donors (Lipinski definition) is 1. The summed E-state index contributed by atoms with van der Waals surface area (Å²) >= 11 is 0. The lowest BCUT2D eigenvalue weighted by atomic mass is 9.85. The van der Waals surface area contributed by atoms with Gasteiger partial charge in [-0.25, -0.2) is 0 Å². The lowest BCUT2D eigenvalue weighted by molar-refractivity contribution is -0.384. The minimum atomic E-state index is -0.355. The van der Waals surface area contributed by atoms with Crippen LogP contribution in [0.1, 0.15) is 36.9 Å². The molecule has 0 radical (unpaired) electrons. The van der Waals surface area contributed by atoms with Crippen molar-refractivity contribution in [3.8, 4) is 0 Å². The standard InChI is InChI=1S/C20H21N3O2/c1-2-20(11-4-3-5-12-20)22-19(16-9-13-21-14-10-16)17-7-6-8-18(15-17)23(24)25/h3-11,13-15,19,22H,2,12H2,1H3/t19?,20-/m1/s1. The predicted molar refractivity (Wildman–Crippen MR) is 98.2 cm³/mol. The molecule has 0 spiro atoms. The summed E-state index contributed by atoms with van der Waals surface area (Å²) in [6.07, 6.45) is 13.7. The molecular weight excluding hydrogens is 314 g/mol. The van der Waals surface area contributed by atoms with Gasteiger partial charge in [0.05, 0.1) is 11.0 Å². The van der Waals surface area contributed by atoms with Crippen LogP contribution in [-0.4, -0.2) is 15.4 Å². The van der Waals surface area contributed by atoms with Gasteiger partial charge in [-0.05, 0) is 36.1 Å². The van der Waals surface area contributed by atoms with Crippen LogP contribution in [0.4, 0.5) is 5.69 Å². The molecule has 25 heavy (non-hydrogen) atoms. The maximum atomic E-state index is 11.2.